The predicted molar refractivity (Wildman–Crippen MR) is 91.0 cm³/mol. The maximum atomic E-state index is 12.4. The van der Waals surface area contributed by atoms with Gasteiger partial charge in [-0.05, 0) is 23.8 Å². The van der Waals surface area contributed by atoms with Crippen LogP contribution in [0.15, 0.2) is 21.7 Å². The monoisotopic (exact) mass is 392 g/mol. The minimum absolute atomic E-state index is 0.0785. The fraction of sp³-hybridized carbons (Fsp3) is 0.643. The van der Waals surface area contributed by atoms with Crippen molar-refractivity contribution in [3.63, 3.8) is 0 Å². The number of thiophene rings is 1. The zero-order chi connectivity index (χ0) is 17.4. The molecule has 1 aromatic heterocycles. The van der Waals surface area contributed by atoms with Gasteiger partial charge in [0.1, 0.15) is 4.21 Å². The van der Waals surface area contributed by atoms with Gasteiger partial charge >= 0.3 is 0 Å². The summed E-state index contributed by atoms with van der Waals surface area (Å²) >= 11 is 1.18. The molecule has 1 atom stereocenters. The van der Waals surface area contributed by atoms with Crippen LogP contribution in [0.25, 0.3) is 0 Å². The van der Waals surface area contributed by atoms with E-state index in [-0.39, 0.29) is 42.8 Å². The number of amides is 1. The Morgan fingerprint density at radius 1 is 1.25 bits per heavy atom. The first-order valence-corrected chi connectivity index (χ1v) is 11.9. The molecule has 7 nitrogen and oxygen atoms in total. The second-order valence-electron chi connectivity index (χ2n) is 6.19. The summed E-state index contributed by atoms with van der Waals surface area (Å²) in [6.45, 7) is 1.25. The first-order chi connectivity index (χ1) is 11.3. The SMILES string of the molecule is O=C(C[C@@H]1CCS(=O)(=O)C1)N1CCN(S(=O)(=O)c2cccs2)CC1. The van der Waals surface area contributed by atoms with Crippen molar-refractivity contribution in [2.75, 3.05) is 37.7 Å². The van der Waals surface area contributed by atoms with E-state index in [1.54, 1.807) is 22.4 Å². The standard InChI is InChI=1S/C14H20N2O5S3/c17-13(10-12-3-9-23(18,19)11-12)15-4-6-16(7-5-15)24(20,21)14-2-1-8-22-14/h1-2,8,12H,3-7,9-11H2/t12-/m0/s1. The van der Waals surface area contributed by atoms with Gasteiger partial charge in [-0.3, -0.25) is 4.79 Å². The van der Waals surface area contributed by atoms with Gasteiger partial charge in [0.2, 0.25) is 5.91 Å². The van der Waals surface area contributed by atoms with Crippen LogP contribution in [-0.4, -0.2) is 69.6 Å². The molecule has 3 rings (SSSR count). The summed E-state index contributed by atoms with van der Waals surface area (Å²) in [5.74, 6) is 0.0733. The maximum absolute atomic E-state index is 12.4. The van der Waals surface area contributed by atoms with E-state index >= 15 is 0 Å². The molecule has 0 radical (unpaired) electrons. The Balaban J connectivity index is 1.54. The minimum atomic E-state index is -3.47. The fourth-order valence-corrected chi connectivity index (χ4v) is 7.55. The molecule has 0 bridgehead atoms. The van der Waals surface area contributed by atoms with Gasteiger partial charge in [-0.2, -0.15) is 4.31 Å². The number of hydrogen-bond donors (Lipinski definition) is 0. The smallest absolute Gasteiger partial charge is 0.252 e. The van der Waals surface area contributed by atoms with Crippen molar-refractivity contribution in [2.45, 2.75) is 17.1 Å². The number of hydrogen-bond acceptors (Lipinski definition) is 6. The summed E-state index contributed by atoms with van der Waals surface area (Å²) in [6, 6.07) is 3.28. The molecule has 1 aromatic rings. The van der Waals surface area contributed by atoms with E-state index < -0.39 is 19.9 Å². The van der Waals surface area contributed by atoms with Crippen molar-refractivity contribution in [3.05, 3.63) is 17.5 Å². The molecule has 24 heavy (non-hydrogen) atoms. The highest BCUT2D eigenvalue weighted by Gasteiger charge is 2.33. The maximum Gasteiger partial charge on any atom is 0.252 e. The van der Waals surface area contributed by atoms with E-state index in [2.05, 4.69) is 0 Å². The zero-order valence-electron chi connectivity index (χ0n) is 13.1. The molecule has 2 aliphatic heterocycles. The summed E-state index contributed by atoms with van der Waals surface area (Å²) in [6.07, 6.45) is 0.775. The molecule has 134 valence electrons. The second-order valence-corrected chi connectivity index (χ2v) is 11.5. The highest BCUT2D eigenvalue weighted by molar-refractivity contribution is 7.91. The molecule has 2 saturated heterocycles. The number of carbonyl (C=O) groups is 1. The summed E-state index contributed by atoms with van der Waals surface area (Å²) in [5, 5.41) is 1.72. The summed E-state index contributed by atoms with van der Waals surface area (Å²) in [5.41, 5.74) is 0. The molecule has 0 spiro atoms. The lowest BCUT2D eigenvalue weighted by Gasteiger charge is -2.34. The molecule has 10 heteroatoms. The third-order valence-electron chi connectivity index (χ3n) is 4.47. The fourth-order valence-electron chi connectivity index (χ4n) is 3.12. The third kappa shape index (κ3) is 3.81. The van der Waals surface area contributed by atoms with E-state index in [0.717, 1.165) is 0 Å². The molecular formula is C14H20N2O5S3. The molecular weight excluding hydrogens is 372 g/mol. The molecule has 0 N–H and O–H groups in total. The van der Waals surface area contributed by atoms with E-state index in [1.807, 2.05) is 0 Å². The zero-order valence-corrected chi connectivity index (χ0v) is 15.6. The number of sulfonamides is 1. The lowest BCUT2D eigenvalue weighted by atomic mass is 10.0. The lowest BCUT2D eigenvalue weighted by Crippen LogP contribution is -2.50. The van der Waals surface area contributed by atoms with Gasteiger partial charge in [0.15, 0.2) is 9.84 Å². The number of carbonyl (C=O) groups excluding carboxylic acids is 1. The Bertz CT molecular complexity index is 793. The topological polar surface area (TPSA) is 91.8 Å². The predicted octanol–water partition coefficient (Wildman–Crippen LogP) is 0.406. The Hall–Kier alpha value is -0.970. The number of nitrogens with zero attached hydrogens (tertiary/aromatic N) is 2. The van der Waals surface area contributed by atoms with E-state index in [9.17, 15) is 21.6 Å². The minimum Gasteiger partial charge on any atom is -0.340 e. The number of sulfone groups is 1. The quantitative estimate of drug-likeness (QED) is 0.740. The van der Waals surface area contributed by atoms with Crippen LogP contribution in [0.2, 0.25) is 0 Å². The van der Waals surface area contributed by atoms with E-state index in [1.165, 1.54) is 15.6 Å². The van der Waals surface area contributed by atoms with E-state index in [4.69, 9.17) is 0 Å². The molecule has 0 saturated carbocycles. The van der Waals surface area contributed by atoms with Crippen molar-refractivity contribution in [1.29, 1.82) is 0 Å². The summed E-state index contributed by atoms with van der Waals surface area (Å²) in [7, 11) is -6.45. The molecule has 2 fully saturated rings. The van der Waals surface area contributed by atoms with Crippen LogP contribution in [0, 0.1) is 5.92 Å². The van der Waals surface area contributed by atoms with Gasteiger partial charge in [-0.1, -0.05) is 6.07 Å². The van der Waals surface area contributed by atoms with Crippen LogP contribution in [0.3, 0.4) is 0 Å². The van der Waals surface area contributed by atoms with Gasteiger partial charge in [0.25, 0.3) is 10.0 Å². The Morgan fingerprint density at radius 3 is 2.50 bits per heavy atom. The molecule has 3 heterocycles. The Labute approximate surface area is 146 Å². The molecule has 2 aliphatic rings. The van der Waals surface area contributed by atoms with Crippen molar-refractivity contribution in [2.24, 2.45) is 5.92 Å². The molecule has 1 amide bonds. The Morgan fingerprint density at radius 2 is 1.96 bits per heavy atom. The summed E-state index contributed by atoms with van der Waals surface area (Å²) in [4.78, 5) is 14.0. The first kappa shape index (κ1) is 17.8. The van der Waals surface area contributed by atoms with Crippen molar-refractivity contribution >= 4 is 37.1 Å². The second kappa shape index (κ2) is 6.74. The molecule has 0 aromatic carbocycles. The normalized spacial score (nSPS) is 25.0. The highest BCUT2D eigenvalue weighted by atomic mass is 32.2. The van der Waals surface area contributed by atoms with Crippen LogP contribution in [0.5, 0.6) is 0 Å². The van der Waals surface area contributed by atoms with Crippen LogP contribution < -0.4 is 0 Å². The van der Waals surface area contributed by atoms with Gasteiger partial charge in [0.05, 0.1) is 11.5 Å². The van der Waals surface area contributed by atoms with Gasteiger partial charge in [-0.25, -0.2) is 16.8 Å². The highest BCUT2D eigenvalue weighted by Crippen LogP contribution is 2.24. The van der Waals surface area contributed by atoms with E-state index in [0.29, 0.717) is 23.7 Å². The average molecular weight is 393 g/mol. The Kier molecular flexibility index (Phi) is 5.01. The number of rotatable bonds is 4. The van der Waals surface area contributed by atoms with Crippen molar-refractivity contribution < 1.29 is 21.6 Å². The third-order valence-corrected chi connectivity index (χ3v) is 9.58. The van der Waals surface area contributed by atoms with Crippen LogP contribution in [0.1, 0.15) is 12.8 Å². The lowest BCUT2D eigenvalue weighted by molar-refractivity contribution is -0.133. The average Bonchev–Trinajstić information content (AvgIpc) is 3.17. The first-order valence-electron chi connectivity index (χ1n) is 7.80. The van der Waals surface area contributed by atoms with Crippen LogP contribution in [0.4, 0.5) is 0 Å². The number of piperazine rings is 1. The van der Waals surface area contributed by atoms with Crippen molar-refractivity contribution in [1.82, 2.24) is 9.21 Å². The van der Waals surface area contributed by atoms with Gasteiger partial charge in [-0.15, -0.1) is 11.3 Å². The van der Waals surface area contributed by atoms with Gasteiger partial charge < -0.3 is 4.90 Å². The van der Waals surface area contributed by atoms with Crippen molar-refractivity contribution in [3.8, 4) is 0 Å². The van der Waals surface area contributed by atoms with Crippen LogP contribution >= 0.6 is 11.3 Å². The summed E-state index contributed by atoms with van der Waals surface area (Å²) < 4.78 is 49.5. The largest absolute Gasteiger partial charge is 0.340 e. The molecule has 0 unspecified atom stereocenters. The van der Waals surface area contributed by atoms with Crippen LogP contribution in [-0.2, 0) is 24.7 Å². The molecule has 0 aliphatic carbocycles. The van der Waals surface area contributed by atoms with Gasteiger partial charge in [0, 0.05) is 32.6 Å².